The molecule has 0 radical (unpaired) electrons. The molecule has 1 saturated carbocycles. The lowest BCUT2D eigenvalue weighted by Gasteiger charge is -2.42. The second-order valence-electron chi connectivity index (χ2n) is 3.22. The second kappa shape index (κ2) is 2.06. The first-order chi connectivity index (χ1) is 4.83. The van der Waals surface area contributed by atoms with E-state index in [0.717, 1.165) is 32.3 Å². The smallest absolute Gasteiger partial charge is 0.164 e. The summed E-state index contributed by atoms with van der Waals surface area (Å²) < 4.78 is 5.46. The van der Waals surface area contributed by atoms with Gasteiger partial charge in [0.15, 0.2) is 5.78 Å². The molecule has 0 unspecified atom stereocenters. The van der Waals surface area contributed by atoms with Gasteiger partial charge in [0.25, 0.3) is 0 Å². The van der Waals surface area contributed by atoms with Crippen LogP contribution in [0.3, 0.4) is 0 Å². The molecule has 0 bridgehead atoms. The molecule has 0 N–H and O–H groups in total. The number of ketones is 1. The SMILES string of the molecule is O=C1CCCOC12CCC2. The number of carbonyl (C=O) groups excluding carboxylic acids is 1. The van der Waals surface area contributed by atoms with Gasteiger partial charge in [-0.05, 0) is 25.7 Å². The van der Waals surface area contributed by atoms with Crippen LogP contribution in [0.1, 0.15) is 32.1 Å². The minimum Gasteiger partial charge on any atom is -0.367 e. The van der Waals surface area contributed by atoms with Crippen LogP contribution in [0.2, 0.25) is 0 Å². The molecular weight excluding hydrogens is 128 g/mol. The highest BCUT2D eigenvalue weighted by atomic mass is 16.5. The van der Waals surface area contributed by atoms with E-state index in [-0.39, 0.29) is 5.60 Å². The van der Waals surface area contributed by atoms with Gasteiger partial charge in [0.1, 0.15) is 5.60 Å². The van der Waals surface area contributed by atoms with Crippen molar-refractivity contribution < 1.29 is 9.53 Å². The standard InChI is InChI=1S/C8H12O2/c9-7-3-1-6-10-8(7)4-2-5-8/h1-6H2. The molecule has 1 spiro atoms. The molecule has 2 aliphatic rings. The highest BCUT2D eigenvalue weighted by Crippen LogP contribution is 2.39. The average Bonchev–Trinajstić information content (AvgIpc) is 1.85. The van der Waals surface area contributed by atoms with E-state index in [1.54, 1.807) is 0 Å². The van der Waals surface area contributed by atoms with Gasteiger partial charge in [-0.2, -0.15) is 0 Å². The van der Waals surface area contributed by atoms with Gasteiger partial charge in [0, 0.05) is 13.0 Å². The summed E-state index contributed by atoms with van der Waals surface area (Å²) in [5.41, 5.74) is -0.280. The first kappa shape index (κ1) is 6.35. The van der Waals surface area contributed by atoms with Gasteiger partial charge in [0.2, 0.25) is 0 Å². The van der Waals surface area contributed by atoms with Crippen molar-refractivity contribution in [3.63, 3.8) is 0 Å². The van der Waals surface area contributed by atoms with Crippen molar-refractivity contribution in [2.75, 3.05) is 6.61 Å². The summed E-state index contributed by atoms with van der Waals surface area (Å²) in [4.78, 5) is 11.3. The van der Waals surface area contributed by atoms with Crippen molar-refractivity contribution in [3.05, 3.63) is 0 Å². The van der Waals surface area contributed by atoms with Crippen molar-refractivity contribution in [1.82, 2.24) is 0 Å². The normalized spacial score (nSPS) is 30.2. The largest absolute Gasteiger partial charge is 0.367 e. The number of hydrogen-bond acceptors (Lipinski definition) is 2. The van der Waals surface area contributed by atoms with Crippen LogP contribution in [-0.2, 0) is 9.53 Å². The molecule has 0 amide bonds. The van der Waals surface area contributed by atoms with Crippen molar-refractivity contribution >= 4 is 5.78 Å². The zero-order chi connectivity index (χ0) is 7.03. The number of ether oxygens (including phenoxy) is 1. The fourth-order valence-electron chi connectivity index (χ4n) is 1.73. The lowest BCUT2D eigenvalue weighted by atomic mass is 9.74. The van der Waals surface area contributed by atoms with Gasteiger partial charge in [-0.15, -0.1) is 0 Å². The molecule has 2 rings (SSSR count). The molecule has 0 aromatic rings. The van der Waals surface area contributed by atoms with Gasteiger partial charge in [-0.3, -0.25) is 4.79 Å². The van der Waals surface area contributed by atoms with Crippen LogP contribution in [0.25, 0.3) is 0 Å². The Morgan fingerprint density at radius 3 is 2.50 bits per heavy atom. The van der Waals surface area contributed by atoms with Gasteiger partial charge in [-0.25, -0.2) is 0 Å². The molecule has 2 heteroatoms. The highest BCUT2D eigenvalue weighted by Gasteiger charge is 2.46. The highest BCUT2D eigenvalue weighted by molar-refractivity contribution is 5.88. The van der Waals surface area contributed by atoms with Crippen molar-refractivity contribution in [2.45, 2.75) is 37.7 Å². The summed E-state index contributed by atoms with van der Waals surface area (Å²) in [6, 6.07) is 0. The van der Waals surface area contributed by atoms with E-state index < -0.39 is 0 Å². The van der Waals surface area contributed by atoms with Gasteiger partial charge < -0.3 is 4.74 Å². The monoisotopic (exact) mass is 140 g/mol. The summed E-state index contributed by atoms with van der Waals surface area (Å²) in [6.45, 7) is 0.797. The molecule has 2 nitrogen and oxygen atoms in total. The minimum atomic E-state index is -0.280. The van der Waals surface area contributed by atoms with Gasteiger partial charge >= 0.3 is 0 Å². The van der Waals surface area contributed by atoms with Crippen LogP contribution in [-0.4, -0.2) is 18.0 Å². The average molecular weight is 140 g/mol. The Bertz CT molecular complexity index is 159. The maximum Gasteiger partial charge on any atom is 0.164 e. The molecule has 1 heterocycles. The van der Waals surface area contributed by atoms with E-state index in [1.165, 1.54) is 6.42 Å². The molecule has 56 valence electrons. The van der Waals surface area contributed by atoms with Crippen LogP contribution in [0.4, 0.5) is 0 Å². The predicted octanol–water partition coefficient (Wildman–Crippen LogP) is 1.29. The van der Waals surface area contributed by atoms with Crippen molar-refractivity contribution in [3.8, 4) is 0 Å². The lowest BCUT2D eigenvalue weighted by molar-refractivity contribution is -0.166. The summed E-state index contributed by atoms with van der Waals surface area (Å²) in [5.74, 6) is 0.352. The minimum absolute atomic E-state index is 0.280. The molecule has 1 saturated heterocycles. The number of hydrogen-bond donors (Lipinski definition) is 0. The fraction of sp³-hybridized carbons (Fsp3) is 0.875. The van der Waals surface area contributed by atoms with Crippen LogP contribution in [0.5, 0.6) is 0 Å². The van der Waals surface area contributed by atoms with E-state index in [0.29, 0.717) is 5.78 Å². The maximum absolute atomic E-state index is 11.3. The zero-order valence-electron chi connectivity index (χ0n) is 6.06. The molecule has 1 aliphatic carbocycles. The molecule has 10 heavy (non-hydrogen) atoms. The first-order valence-corrected chi connectivity index (χ1v) is 4.01. The van der Waals surface area contributed by atoms with E-state index in [9.17, 15) is 4.79 Å². The Hall–Kier alpha value is -0.370. The van der Waals surface area contributed by atoms with Crippen LogP contribution < -0.4 is 0 Å². The molecule has 2 fully saturated rings. The topological polar surface area (TPSA) is 26.3 Å². The fourth-order valence-corrected chi connectivity index (χ4v) is 1.73. The summed E-state index contributed by atoms with van der Waals surface area (Å²) >= 11 is 0. The van der Waals surface area contributed by atoms with Crippen molar-refractivity contribution in [1.29, 1.82) is 0 Å². The third kappa shape index (κ3) is 0.717. The first-order valence-electron chi connectivity index (χ1n) is 4.01. The molecular formula is C8H12O2. The maximum atomic E-state index is 11.3. The Kier molecular flexibility index (Phi) is 1.31. The van der Waals surface area contributed by atoms with Crippen LogP contribution in [0, 0.1) is 0 Å². The van der Waals surface area contributed by atoms with Crippen LogP contribution >= 0.6 is 0 Å². The Morgan fingerprint density at radius 2 is 2.10 bits per heavy atom. The Labute approximate surface area is 60.6 Å². The summed E-state index contributed by atoms with van der Waals surface area (Å²) in [5, 5.41) is 0. The Morgan fingerprint density at radius 1 is 1.30 bits per heavy atom. The third-order valence-corrected chi connectivity index (χ3v) is 2.60. The molecule has 1 aliphatic heterocycles. The summed E-state index contributed by atoms with van der Waals surface area (Å²) in [7, 11) is 0. The second-order valence-corrected chi connectivity index (χ2v) is 3.22. The molecule has 0 aromatic carbocycles. The number of rotatable bonds is 0. The van der Waals surface area contributed by atoms with Gasteiger partial charge in [0.05, 0.1) is 0 Å². The van der Waals surface area contributed by atoms with Crippen LogP contribution in [0.15, 0.2) is 0 Å². The van der Waals surface area contributed by atoms with Gasteiger partial charge in [-0.1, -0.05) is 0 Å². The van der Waals surface area contributed by atoms with E-state index in [1.807, 2.05) is 0 Å². The Balaban J connectivity index is 2.10. The summed E-state index contributed by atoms with van der Waals surface area (Å²) in [6.07, 6.45) is 4.81. The number of Topliss-reactive ketones (excluding diaryl/α,β-unsaturated/α-hetero) is 1. The lowest BCUT2D eigenvalue weighted by Crippen LogP contribution is -2.50. The number of carbonyl (C=O) groups is 1. The van der Waals surface area contributed by atoms with E-state index in [2.05, 4.69) is 0 Å². The predicted molar refractivity (Wildman–Crippen MR) is 36.8 cm³/mol. The van der Waals surface area contributed by atoms with E-state index >= 15 is 0 Å². The third-order valence-electron chi connectivity index (χ3n) is 2.60. The quantitative estimate of drug-likeness (QED) is 0.506. The van der Waals surface area contributed by atoms with Crippen molar-refractivity contribution in [2.24, 2.45) is 0 Å². The zero-order valence-corrected chi connectivity index (χ0v) is 6.06. The van der Waals surface area contributed by atoms with E-state index in [4.69, 9.17) is 4.74 Å². The molecule has 0 aromatic heterocycles. The molecule has 0 atom stereocenters.